The van der Waals surface area contributed by atoms with Gasteiger partial charge in [0.1, 0.15) is 4.70 Å². The summed E-state index contributed by atoms with van der Waals surface area (Å²) in [6.07, 6.45) is 4.25. The average Bonchev–Trinajstić information content (AvgIpc) is 2.80. The monoisotopic (exact) mass is 365 g/mol. The quantitative estimate of drug-likeness (QED) is 0.599. The summed E-state index contributed by atoms with van der Waals surface area (Å²) in [6.45, 7) is 0. The largest absolute Gasteiger partial charge is 1.00 e. The molecule has 0 saturated carbocycles. The van der Waals surface area contributed by atoms with Crippen molar-refractivity contribution in [2.75, 3.05) is 0 Å². The lowest BCUT2D eigenvalue weighted by atomic mass is 10.2. The fraction of sp³-hybridized carbons (Fsp3) is 0. The lowest BCUT2D eigenvalue weighted by Gasteiger charge is -1.87. The number of hydrogen-bond acceptors (Lipinski definition) is 1. The van der Waals surface area contributed by atoms with E-state index in [4.69, 9.17) is 0 Å². The number of aromatic amines is 1. The average molecular weight is 365 g/mol. The fourth-order valence-electron chi connectivity index (χ4n) is 1.75. The van der Waals surface area contributed by atoms with Gasteiger partial charge < -0.3 is 24.0 Å². The normalized spacial score (nSPS) is 10.7. The number of rotatable bonds is 2. The highest BCUT2D eigenvalue weighted by atomic mass is 127. The van der Waals surface area contributed by atoms with E-state index < -0.39 is 0 Å². The number of para-hydroxylation sites is 1. The van der Waals surface area contributed by atoms with Gasteiger partial charge in [-0.1, -0.05) is 53.8 Å². The van der Waals surface area contributed by atoms with Crippen molar-refractivity contribution in [1.29, 1.82) is 0 Å². The molecule has 0 saturated heterocycles. The molecule has 0 radical (unpaired) electrons. The molecular weight excluding hydrogens is 353 g/mol. The predicted octanol–water partition coefficient (Wildman–Crippen LogP) is 0.890. The first-order chi connectivity index (χ1) is 8.42. The molecule has 1 heterocycles. The van der Waals surface area contributed by atoms with E-state index in [2.05, 4.69) is 53.5 Å². The van der Waals surface area contributed by atoms with Crippen molar-refractivity contribution in [3.63, 3.8) is 0 Å². The number of hydrogen-bond donors (Lipinski definition) is 0. The minimum Gasteiger partial charge on any atom is -1.00 e. The summed E-state index contributed by atoms with van der Waals surface area (Å²) >= 11 is 1.77. The SMILES string of the molecule is C(=Cc1[nH+]c2ccccc2s1)c1ccccc1.[I-]. The molecule has 0 spiro atoms. The minimum atomic E-state index is 0. The Morgan fingerprint density at radius 3 is 2.33 bits per heavy atom. The van der Waals surface area contributed by atoms with Gasteiger partial charge in [-0.15, -0.1) is 0 Å². The molecule has 0 aliphatic heterocycles. The van der Waals surface area contributed by atoms with Crippen molar-refractivity contribution < 1.29 is 29.0 Å². The highest BCUT2D eigenvalue weighted by molar-refractivity contribution is 7.18. The topological polar surface area (TPSA) is 14.1 Å². The van der Waals surface area contributed by atoms with Gasteiger partial charge in [0.2, 0.25) is 5.52 Å². The number of H-pyrrole nitrogens is 1. The highest BCUT2D eigenvalue weighted by Crippen LogP contribution is 2.19. The van der Waals surface area contributed by atoms with Gasteiger partial charge in [-0.2, -0.15) is 4.98 Å². The Kier molecular flexibility index (Phi) is 4.49. The van der Waals surface area contributed by atoms with E-state index in [1.807, 2.05) is 18.2 Å². The van der Waals surface area contributed by atoms with E-state index in [0.717, 1.165) is 0 Å². The summed E-state index contributed by atoms with van der Waals surface area (Å²) in [4.78, 5) is 3.40. The van der Waals surface area contributed by atoms with Gasteiger partial charge in [-0.25, -0.2) is 0 Å². The molecule has 3 heteroatoms. The lowest BCUT2D eigenvalue weighted by Crippen LogP contribution is -3.00. The molecule has 18 heavy (non-hydrogen) atoms. The van der Waals surface area contributed by atoms with Crippen LogP contribution in [0, 0.1) is 0 Å². The van der Waals surface area contributed by atoms with Gasteiger partial charge in [-0.3, -0.25) is 0 Å². The molecule has 0 atom stereocenters. The Morgan fingerprint density at radius 1 is 0.833 bits per heavy atom. The van der Waals surface area contributed by atoms with Crippen molar-refractivity contribution in [3.8, 4) is 0 Å². The van der Waals surface area contributed by atoms with Crippen LogP contribution in [-0.4, -0.2) is 0 Å². The van der Waals surface area contributed by atoms with E-state index >= 15 is 0 Å². The van der Waals surface area contributed by atoms with E-state index in [9.17, 15) is 0 Å². The van der Waals surface area contributed by atoms with Gasteiger partial charge >= 0.3 is 0 Å². The standard InChI is InChI=1S/C15H11NS.HI/c1-2-6-12(7-3-1)10-11-15-16-13-8-4-5-9-14(13)17-15;/h1-11H;1H. The Bertz CT molecular complexity index is 625. The summed E-state index contributed by atoms with van der Waals surface area (Å²) in [6, 6.07) is 18.7. The molecule has 2 aromatic carbocycles. The Balaban J connectivity index is 0.00000120. The third kappa shape index (κ3) is 2.97. The van der Waals surface area contributed by atoms with Gasteiger partial charge in [-0.05, 0) is 17.7 Å². The number of nitrogens with one attached hydrogen (secondary N) is 1. The Labute approximate surface area is 127 Å². The van der Waals surface area contributed by atoms with Gasteiger partial charge in [0.05, 0.1) is 0 Å². The number of aromatic nitrogens is 1. The zero-order valence-electron chi connectivity index (χ0n) is 9.64. The van der Waals surface area contributed by atoms with Crippen LogP contribution >= 0.6 is 11.3 Å². The third-order valence-corrected chi connectivity index (χ3v) is 3.63. The van der Waals surface area contributed by atoms with Crippen molar-refractivity contribution >= 4 is 33.7 Å². The van der Waals surface area contributed by atoms with E-state index in [1.54, 1.807) is 11.3 Å². The first kappa shape index (κ1) is 13.2. The van der Waals surface area contributed by atoms with Gasteiger partial charge in [0, 0.05) is 12.1 Å². The van der Waals surface area contributed by atoms with Gasteiger partial charge in [0.25, 0.3) is 5.01 Å². The summed E-state index contributed by atoms with van der Waals surface area (Å²) in [5.41, 5.74) is 2.42. The number of benzene rings is 2. The Hall–Kier alpha value is -1.20. The molecule has 1 nitrogen and oxygen atoms in total. The van der Waals surface area contributed by atoms with Crippen LogP contribution in [0.15, 0.2) is 54.6 Å². The van der Waals surface area contributed by atoms with Crippen LogP contribution < -0.4 is 29.0 Å². The zero-order valence-corrected chi connectivity index (χ0v) is 12.6. The molecule has 0 amide bonds. The first-order valence-corrected chi connectivity index (χ1v) is 6.37. The second-order valence-corrected chi connectivity index (χ2v) is 4.92. The molecule has 3 aromatic rings. The maximum Gasteiger partial charge on any atom is 0.261 e. The fourth-order valence-corrected chi connectivity index (χ4v) is 2.66. The second kappa shape index (κ2) is 6.11. The van der Waals surface area contributed by atoms with Crippen LogP contribution in [0.25, 0.3) is 22.4 Å². The maximum absolute atomic E-state index is 3.40. The molecule has 3 rings (SSSR count). The van der Waals surface area contributed by atoms with Crippen LogP contribution in [0.2, 0.25) is 0 Å². The summed E-state index contributed by atoms with van der Waals surface area (Å²) in [5, 5.41) is 1.18. The van der Waals surface area contributed by atoms with Crippen molar-refractivity contribution in [2.45, 2.75) is 0 Å². The lowest BCUT2D eigenvalue weighted by molar-refractivity contribution is -0.340. The Morgan fingerprint density at radius 2 is 1.56 bits per heavy atom. The van der Waals surface area contributed by atoms with Crippen molar-refractivity contribution in [1.82, 2.24) is 0 Å². The molecule has 90 valence electrons. The predicted molar refractivity (Wildman–Crippen MR) is 73.8 cm³/mol. The van der Waals surface area contributed by atoms with Crippen LogP contribution in [0.1, 0.15) is 10.6 Å². The summed E-state index contributed by atoms with van der Waals surface area (Å²) in [5.74, 6) is 0. The van der Waals surface area contributed by atoms with Crippen LogP contribution in [0.5, 0.6) is 0 Å². The zero-order chi connectivity index (χ0) is 11.5. The summed E-state index contributed by atoms with van der Waals surface area (Å²) in [7, 11) is 0. The van der Waals surface area contributed by atoms with E-state index in [1.165, 1.54) is 20.8 Å². The number of thiazole rings is 1. The molecule has 0 fully saturated rings. The third-order valence-electron chi connectivity index (χ3n) is 2.59. The van der Waals surface area contributed by atoms with Crippen LogP contribution in [-0.2, 0) is 0 Å². The van der Waals surface area contributed by atoms with E-state index in [-0.39, 0.29) is 24.0 Å². The molecule has 0 bridgehead atoms. The number of fused-ring (bicyclic) bond motifs is 1. The molecule has 0 aliphatic carbocycles. The van der Waals surface area contributed by atoms with Crippen LogP contribution in [0.3, 0.4) is 0 Å². The highest BCUT2D eigenvalue weighted by Gasteiger charge is 2.06. The minimum absolute atomic E-state index is 0. The molecular formula is C15H12INS. The molecule has 0 unspecified atom stereocenters. The first-order valence-electron chi connectivity index (χ1n) is 5.56. The van der Waals surface area contributed by atoms with E-state index in [0.29, 0.717) is 0 Å². The number of halogens is 1. The van der Waals surface area contributed by atoms with Crippen molar-refractivity contribution in [2.24, 2.45) is 0 Å². The van der Waals surface area contributed by atoms with Crippen molar-refractivity contribution in [3.05, 3.63) is 65.2 Å². The second-order valence-electron chi connectivity index (χ2n) is 3.83. The smallest absolute Gasteiger partial charge is 0.261 e. The molecule has 0 aliphatic rings. The summed E-state index contributed by atoms with van der Waals surface area (Å²) < 4.78 is 1.29. The van der Waals surface area contributed by atoms with Gasteiger partial charge in [0.15, 0.2) is 0 Å². The molecule has 1 N–H and O–H groups in total. The van der Waals surface area contributed by atoms with Crippen LogP contribution in [0.4, 0.5) is 0 Å². The maximum atomic E-state index is 3.40. The molecule has 1 aromatic heterocycles.